The second-order valence-electron chi connectivity index (χ2n) is 6.93. The Morgan fingerprint density at radius 1 is 0.630 bits per heavy atom. The van der Waals surface area contributed by atoms with Crippen molar-refractivity contribution in [1.29, 1.82) is 0 Å². The van der Waals surface area contributed by atoms with Crippen molar-refractivity contribution in [3.8, 4) is 22.3 Å². The van der Waals surface area contributed by atoms with E-state index in [0.29, 0.717) is 0 Å². The van der Waals surface area contributed by atoms with Gasteiger partial charge in [0, 0.05) is 26.2 Å². The van der Waals surface area contributed by atoms with Crippen LogP contribution in [0.2, 0.25) is 0 Å². The van der Waals surface area contributed by atoms with Gasteiger partial charge in [0.05, 0.1) is 0 Å². The Balaban J connectivity index is 0.00000180. The minimum atomic E-state index is 0. The van der Waals surface area contributed by atoms with E-state index in [1.165, 1.54) is 49.4 Å². The van der Waals surface area contributed by atoms with Crippen molar-refractivity contribution in [3.05, 3.63) is 103 Å². The van der Waals surface area contributed by atoms with Gasteiger partial charge in [-0.1, -0.05) is 90.0 Å². The number of rotatable bonds is 2. The van der Waals surface area contributed by atoms with Crippen LogP contribution in [0.15, 0.2) is 97.1 Å². The van der Waals surface area contributed by atoms with E-state index in [-0.39, 0.29) is 26.2 Å². The Hall–Kier alpha value is -2.37. The third-order valence-corrected chi connectivity index (χ3v) is 5.26. The van der Waals surface area contributed by atoms with Crippen molar-refractivity contribution in [3.63, 3.8) is 0 Å². The van der Waals surface area contributed by atoms with Gasteiger partial charge in [-0.25, -0.2) is 0 Å². The summed E-state index contributed by atoms with van der Waals surface area (Å²) >= 11 is 0. The Morgan fingerprint density at radius 3 is 2.19 bits per heavy atom. The first-order valence-corrected chi connectivity index (χ1v) is 9.04. The molecular weight excluding hydrogens is 404 g/mol. The Labute approximate surface area is 179 Å². The molecule has 5 rings (SSSR count). The third kappa shape index (κ3) is 3.22. The van der Waals surface area contributed by atoms with Gasteiger partial charge in [0.1, 0.15) is 0 Å². The van der Waals surface area contributed by atoms with Crippen molar-refractivity contribution in [1.82, 2.24) is 0 Å². The summed E-state index contributed by atoms with van der Waals surface area (Å²) in [7, 11) is 0. The van der Waals surface area contributed by atoms with Crippen LogP contribution in [0.5, 0.6) is 0 Å². The van der Waals surface area contributed by atoms with Crippen molar-refractivity contribution < 1.29 is 26.2 Å². The Morgan fingerprint density at radius 2 is 1.37 bits per heavy atom. The van der Waals surface area contributed by atoms with Gasteiger partial charge in [-0.3, -0.25) is 0 Å². The number of aryl methyl sites for hydroxylation is 1. The van der Waals surface area contributed by atoms with E-state index in [1.54, 1.807) is 0 Å². The van der Waals surface area contributed by atoms with Gasteiger partial charge >= 0.3 is 0 Å². The van der Waals surface area contributed by atoms with Gasteiger partial charge in [0.15, 0.2) is 0 Å². The van der Waals surface area contributed by atoms with E-state index in [9.17, 15) is 0 Å². The van der Waals surface area contributed by atoms with Crippen LogP contribution in [-0.2, 0) is 26.2 Å². The van der Waals surface area contributed by atoms with Gasteiger partial charge in [-0.15, -0.1) is 34.5 Å². The van der Waals surface area contributed by atoms with E-state index < -0.39 is 0 Å². The maximum Gasteiger partial charge on any atom is 0 e. The second-order valence-corrected chi connectivity index (χ2v) is 6.93. The van der Waals surface area contributed by atoms with E-state index >= 15 is 0 Å². The molecule has 27 heavy (non-hydrogen) atoms. The summed E-state index contributed by atoms with van der Waals surface area (Å²) in [6.45, 7) is 2.21. The number of hydrogen-bond acceptors (Lipinski definition) is 0. The van der Waals surface area contributed by atoms with Gasteiger partial charge in [0.25, 0.3) is 0 Å². The van der Waals surface area contributed by atoms with Gasteiger partial charge in [0.2, 0.25) is 0 Å². The zero-order valence-electron chi connectivity index (χ0n) is 15.2. The number of fused-ring (bicyclic) bond motifs is 2. The van der Waals surface area contributed by atoms with Crippen LogP contribution in [0.1, 0.15) is 5.56 Å². The Bertz CT molecular complexity index is 1210. The average molecular weight is 423 g/mol. The maximum atomic E-state index is 2.31. The topological polar surface area (TPSA) is 0 Å². The van der Waals surface area contributed by atoms with E-state index in [4.69, 9.17) is 0 Å². The molecule has 5 aromatic carbocycles. The summed E-state index contributed by atoms with van der Waals surface area (Å²) in [5.41, 5.74) is 6.49. The van der Waals surface area contributed by atoms with Crippen LogP contribution >= 0.6 is 0 Å². The second kappa shape index (κ2) is 7.33. The van der Waals surface area contributed by atoms with E-state index in [2.05, 4.69) is 104 Å². The van der Waals surface area contributed by atoms with E-state index in [1.807, 2.05) is 0 Å². The molecule has 1 heteroatoms. The summed E-state index contributed by atoms with van der Waals surface area (Å²) in [6.07, 6.45) is 0. The average Bonchev–Trinajstić information content (AvgIpc) is 3.11. The maximum absolute atomic E-state index is 2.31. The van der Waals surface area contributed by atoms with Gasteiger partial charge in [-0.05, 0) is 28.8 Å². The first kappa shape index (κ1) is 18.0. The molecule has 0 aliphatic heterocycles. The van der Waals surface area contributed by atoms with Crippen molar-refractivity contribution in [2.75, 3.05) is 0 Å². The summed E-state index contributed by atoms with van der Waals surface area (Å²) in [5.74, 6) is 0. The van der Waals surface area contributed by atoms with Crippen molar-refractivity contribution in [2.45, 2.75) is 6.92 Å². The molecule has 0 spiro atoms. The summed E-state index contributed by atoms with van der Waals surface area (Å²) in [6, 6.07) is 35.1. The monoisotopic (exact) mass is 421 g/mol. The van der Waals surface area contributed by atoms with Gasteiger partial charge in [-0.2, -0.15) is 0 Å². The molecule has 0 fully saturated rings. The molecule has 0 unspecified atom stereocenters. The van der Waals surface area contributed by atoms with Crippen LogP contribution in [-0.4, -0.2) is 0 Å². The summed E-state index contributed by atoms with van der Waals surface area (Å²) in [5, 5.41) is 5.20. The largest absolute Gasteiger partial charge is 0.145 e. The molecule has 0 N–H and O–H groups in total. The standard InChI is InChI=1S/C26H19.Zr/c1-18-15-22(26-12-6-10-19-7-4-5-11-25(19)26)13-14-24(18)23-16-20-8-2-3-9-21(20)17-23;/h2-17H,1H3;/q-1;. The molecule has 0 aromatic heterocycles. The van der Waals surface area contributed by atoms with Gasteiger partial charge < -0.3 is 0 Å². The minimum Gasteiger partial charge on any atom is -0.145 e. The summed E-state index contributed by atoms with van der Waals surface area (Å²) < 4.78 is 0. The molecule has 5 aromatic rings. The first-order valence-electron chi connectivity index (χ1n) is 9.04. The summed E-state index contributed by atoms with van der Waals surface area (Å²) in [4.78, 5) is 0. The predicted octanol–water partition coefficient (Wildman–Crippen LogP) is 7.35. The Kier molecular flexibility index (Phi) is 4.89. The third-order valence-electron chi connectivity index (χ3n) is 5.26. The fourth-order valence-corrected chi connectivity index (χ4v) is 3.94. The molecule has 0 saturated carbocycles. The molecular formula is C26H19Zr-. The molecule has 128 valence electrons. The number of benzene rings is 4. The van der Waals surface area contributed by atoms with E-state index in [0.717, 1.165) is 0 Å². The molecule has 0 aliphatic rings. The smallest absolute Gasteiger partial charge is 0 e. The SMILES string of the molecule is Cc1cc(-c2cccc3ccccc23)ccc1-c1cc2ccccc2[cH-]1.[Zr]. The predicted molar refractivity (Wildman–Crippen MR) is 113 cm³/mol. The zero-order chi connectivity index (χ0) is 17.5. The molecule has 0 radical (unpaired) electrons. The molecule has 0 nitrogen and oxygen atoms in total. The van der Waals surface area contributed by atoms with Crippen LogP contribution < -0.4 is 0 Å². The molecule has 0 amide bonds. The van der Waals surface area contributed by atoms with Crippen molar-refractivity contribution >= 4 is 21.5 Å². The van der Waals surface area contributed by atoms with Crippen LogP contribution in [0, 0.1) is 6.92 Å². The van der Waals surface area contributed by atoms with Crippen LogP contribution in [0.4, 0.5) is 0 Å². The first-order chi connectivity index (χ1) is 12.8. The zero-order valence-corrected chi connectivity index (χ0v) is 17.7. The fourth-order valence-electron chi connectivity index (χ4n) is 3.94. The molecule has 0 atom stereocenters. The molecule has 0 saturated heterocycles. The minimum absolute atomic E-state index is 0. The van der Waals surface area contributed by atoms with Crippen molar-refractivity contribution in [2.24, 2.45) is 0 Å². The quantitative estimate of drug-likeness (QED) is 0.261. The molecule has 0 aliphatic carbocycles. The normalized spacial score (nSPS) is 10.9. The number of hydrogen-bond donors (Lipinski definition) is 0. The van der Waals surface area contributed by atoms with Crippen LogP contribution in [0.25, 0.3) is 43.8 Å². The molecule has 0 heterocycles. The van der Waals surface area contributed by atoms with Crippen LogP contribution in [0.3, 0.4) is 0 Å². The fraction of sp³-hybridized carbons (Fsp3) is 0.0385. The molecule has 0 bridgehead atoms.